The number of carbonyl (C=O) groups excluding carboxylic acids is 4. The molecule has 0 saturated carbocycles. The quantitative estimate of drug-likeness (QED) is 0.256. The molecule has 0 spiro atoms. The first-order chi connectivity index (χ1) is 20.9. The first kappa shape index (κ1) is 37.3. The van der Waals surface area contributed by atoms with Crippen LogP contribution in [0.2, 0.25) is 0 Å². The molecule has 0 bridgehead atoms. The molecule has 12 nitrogen and oxygen atoms in total. The van der Waals surface area contributed by atoms with Crippen molar-refractivity contribution in [2.45, 2.75) is 114 Å². The number of hydrogen-bond acceptors (Lipinski definition) is 11. The van der Waals surface area contributed by atoms with Crippen LogP contribution in [0.25, 0.3) is 10.9 Å². The van der Waals surface area contributed by atoms with Gasteiger partial charge in [-0.25, -0.2) is 0 Å². The lowest BCUT2D eigenvalue weighted by Gasteiger charge is -2.45. The number of carbonyl (C=O) groups is 4. The molecular weight excluding hydrogens is 664 g/mol. The zero-order valence-corrected chi connectivity index (χ0v) is 30.3. The Kier molecular flexibility index (Phi) is 10.9. The van der Waals surface area contributed by atoms with E-state index < -0.39 is 82.8 Å². The van der Waals surface area contributed by atoms with E-state index in [-0.39, 0.29) is 5.88 Å². The summed E-state index contributed by atoms with van der Waals surface area (Å²) in [6.45, 7) is 19.6. The predicted molar refractivity (Wildman–Crippen MR) is 172 cm³/mol. The number of para-hydroxylation sites is 1. The average Bonchev–Trinajstić information content (AvgIpc) is 3.23. The third-order valence-corrected chi connectivity index (χ3v) is 7.43. The van der Waals surface area contributed by atoms with Gasteiger partial charge in [0.2, 0.25) is 18.3 Å². The van der Waals surface area contributed by atoms with Crippen LogP contribution in [-0.4, -0.2) is 70.0 Å². The fraction of sp³-hybridized carbons (Fsp3) is 0.667. The Morgan fingerprint density at radius 2 is 1.17 bits per heavy atom. The Bertz CT molecular complexity index is 1440. The van der Waals surface area contributed by atoms with Gasteiger partial charge in [-0.3, -0.25) is 19.2 Å². The van der Waals surface area contributed by atoms with Crippen molar-refractivity contribution in [2.75, 3.05) is 6.61 Å². The standard InChI is InChI=1S/C33H47BrN2O10/c1-30(2,3)26(37)41-17-20-21(43-27(38)31(4,5)6)22(44-28(39)32(7,8)9)23(45-29(40)33(10,11)12)25(42-20)46-24-18-15-13-14-16-19(18)36(34)35-24/h13-16,20-23,25H,17H2,1-12H3/t20-,21-,22+,23-,25+/m1/s1. The van der Waals surface area contributed by atoms with E-state index in [1.165, 1.54) is 3.71 Å². The van der Waals surface area contributed by atoms with E-state index in [0.29, 0.717) is 10.9 Å². The van der Waals surface area contributed by atoms with E-state index in [1.807, 2.05) is 12.1 Å². The maximum absolute atomic E-state index is 13.4. The molecule has 0 aliphatic carbocycles. The molecule has 13 heteroatoms. The number of halogens is 1. The maximum atomic E-state index is 13.4. The van der Waals surface area contributed by atoms with E-state index in [2.05, 4.69) is 21.2 Å². The minimum Gasteiger partial charge on any atom is -0.462 e. The lowest BCUT2D eigenvalue weighted by atomic mass is 9.93. The second kappa shape index (κ2) is 13.5. The SMILES string of the molecule is CC(C)(C)C(=O)OC[C@H]1O[C@@H](Oc2nn(Br)c3ccccc23)[C@H](OC(=O)C(C)(C)C)[C@@H](OC(=O)C(C)(C)C)[C@@H]1OC(=O)C(C)(C)C. The van der Waals surface area contributed by atoms with Gasteiger partial charge < -0.3 is 28.4 Å². The van der Waals surface area contributed by atoms with Crippen molar-refractivity contribution in [3.63, 3.8) is 0 Å². The van der Waals surface area contributed by atoms with Crippen molar-refractivity contribution in [1.29, 1.82) is 0 Å². The summed E-state index contributed by atoms with van der Waals surface area (Å²) < 4.78 is 37.7. The number of esters is 4. The van der Waals surface area contributed by atoms with E-state index in [4.69, 9.17) is 28.4 Å². The van der Waals surface area contributed by atoms with E-state index in [1.54, 1.807) is 95.2 Å². The molecule has 1 aromatic heterocycles. The lowest BCUT2D eigenvalue weighted by Crippen LogP contribution is -2.65. The number of aromatic nitrogens is 2. The predicted octanol–water partition coefficient (Wildman–Crippen LogP) is 5.76. The first-order valence-corrected chi connectivity index (χ1v) is 15.9. The van der Waals surface area contributed by atoms with Crippen LogP contribution < -0.4 is 4.74 Å². The highest BCUT2D eigenvalue weighted by Crippen LogP contribution is 2.36. The van der Waals surface area contributed by atoms with Crippen LogP contribution in [0.1, 0.15) is 83.1 Å². The number of ether oxygens (including phenoxy) is 6. The topological polar surface area (TPSA) is 141 Å². The van der Waals surface area contributed by atoms with Crippen LogP contribution in [0.3, 0.4) is 0 Å². The molecule has 1 saturated heterocycles. The van der Waals surface area contributed by atoms with Gasteiger partial charge in [0.15, 0.2) is 12.2 Å². The van der Waals surface area contributed by atoms with Gasteiger partial charge in [-0.15, -0.1) is 5.10 Å². The molecule has 0 N–H and O–H groups in total. The molecule has 2 heterocycles. The highest BCUT2D eigenvalue weighted by Gasteiger charge is 2.56. The second-order valence-corrected chi connectivity index (χ2v) is 16.2. The molecule has 0 amide bonds. The van der Waals surface area contributed by atoms with Crippen molar-refractivity contribution < 1.29 is 47.6 Å². The highest BCUT2D eigenvalue weighted by molar-refractivity contribution is 9.08. The number of rotatable bonds is 7. The van der Waals surface area contributed by atoms with Gasteiger partial charge in [0.05, 0.1) is 48.7 Å². The molecule has 5 atom stereocenters. The minimum absolute atomic E-state index is 0.116. The summed E-state index contributed by atoms with van der Waals surface area (Å²) in [7, 11) is 0. The van der Waals surface area contributed by atoms with Crippen LogP contribution >= 0.6 is 16.1 Å². The van der Waals surface area contributed by atoms with Gasteiger partial charge in [0.25, 0.3) is 0 Å². The second-order valence-electron chi connectivity index (χ2n) is 15.6. The highest BCUT2D eigenvalue weighted by atomic mass is 79.9. The van der Waals surface area contributed by atoms with Gasteiger partial charge in [-0.05, 0) is 95.2 Å². The molecule has 3 rings (SSSR count). The number of hydrogen-bond donors (Lipinski definition) is 0. The van der Waals surface area contributed by atoms with Crippen LogP contribution in [0.4, 0.5) is 0 Å². The zero-order chi connectivity index (χ0) is 35.0. The monoisotopic (exact) mass is 710 g/mol. The third kappa shape index (κ3) is 8.99. The molecule has 46 heavy (non-hydrogen) atoms. The van der Waals surface area contributed by atoms with Gasteiger partial charge >= 0.3 is 23.9 Å². The molecule has 256 valence electrons. The molecule has 1 aromatic carbocycles. The summed E-state index contributed by atoms with van der Waals surface area (Å²) in [6.07, 6.45) is -6.89. The van der Waals surface area contributed by atoms with E-state index >= 15 is 0 Å². The number of nitrogens with zero attached hydrogens (tertiary/aromatic N) is 2. The minimum atomic E-state index is -1.45. The van der Waals surface area contributed by atoms with Gasteiger partial charge in [0.1, 0.15) is 12.7 Å². The van der Waals surface area contributed by atoms with Crippen molar-refractivity contribution in [2.24, 2.45) is 21.7 Å². The van der Waals surface area contributed by atoms with Crippen LogP contribution in [0.15, 0.2) is 24.3 Å². The number of fused-ring (bicyclic) bond motifs is 1. The molecule has 0 radical (unpaired) electrons. The first-order valence-electron chi connectivity index (χ1n) is 15.2. The van der Waals surface area contributed by atoms with Gasteiger partial charge in [0, 0.05) is 0 Å². The summed E-state index contributed by atoms with van der Waals surface area (Å²) in [5.41, 5.74) is -3.13. The van der Waals surface area contributed by atoms with Crippen LogP contribution in [-0.2, 0) is 42.9 Å². The van der Waals surface area contributed by atoms with Crippen LogP contribution in [0.5, 0.6) is 5.88 Å². The van der Waals surface area contributed by atoms with Gasteiger partial charge in [-0.2, -0.15) is 3.71 Å². The summed E-state index contributed by atoms with van der Waals surface area (Å²) >= 11 is 3.37. The molecule has 1 aliphatic heterocycles. The Morgan fingerprint density at radius 3 is 1.67 bits per heavy atom. The Morgan fingerprint density at radius 1 is 0.717 bits per heavy atom. The Labute approximate surface area is 279 Å². The third-order valence-electron chi connectivity index (χ3n) is 6.89. The molecule has 1 aliphatic rings. The van der Waals surface area contributed by atoms with Crippen molar-refractivity contribution >= 4 is 50.9 Å². The van der Waals surface area contributed by atoms with Gasteiger partial charge in [-0.1, -0.05) is 12.1 Å². The summed E-state index contributed by atoms with van der Waals surface area (Å²) in [5, 5.41) is 5.02. The Hall–Kier alpha value is -3.19. The van der Waals surface area contributed by atoms with E-state index in [0.717, 1.165) is 0 Å². The molecule has 2 aromatic rings. The fourth-order valence-corrected chi connectivity index (χ4v) is 4.44. The smallest absolute Gasteiger partial charge is 0.311 e. The van der Waals surface area contributed by atoms with Crippen LogP contribution in [0, 0.1) is 21.7 Å². The fourth-order valence-electron chi connectivity index (χ4n) is 3.98. The maximum Gasteiger partial charge on any atom is 0.311 e. The summed E-state index contributed by atoms with van der Waals surface area (Å²) in [6, 6.07) is 7.22. The normalized spacial score (nSPS) is 22.6. The molecular formula is C33H47BrN2O10. The Balaban J connectivity index is 2.20. The lowest BCUT2D eigenvalue weighted by molar-refractivity contribution is -0.294. The molecule has 0 unspecified atom stereocenters. The summed E-state index contributed by atoms with van der Waals surface area (Å²) in [5.74, 6) is -2.38. The largest absolute Gasteiger partial charge is 0.462 e. The van der Waals surface area contributed by atoms with Crippen molar-refractivity contribution in [3.8, 4) is 5.88 Å². The molecule has 1 fully saturated rings. The zero-order valence-electron chi connectivity index (χ0n) is 28.8. The average molecular weight is 712 g/mol. The number of benzene rings is 1. The summed E-state index contributed by atoms with van der Waals surface area (Å²) in [4.78, 5) is 53.0. The van der Waals surface area contributed by atoms with E-state index in [9.17, 15) is 19.2 Å². The van der Waals surface area contributed by atoms with Crippen molar-refractivity contribution in [1.82, 2.24) is 8.81 Å². The van der Waals surface area contributed by atoms with Crippen molar-refractivity contribution in [3.05, 3.63) is 24.3 Å².